The number of rotatable bonds is 5. The molecule has 1 aliphatic heterocycles. The number of unbranched alkanes of at least 4 members (excludes halogenated alkanes) is 1. The number of carbonyl (C=O) groups is 1. The lowest BCUT2D eigenvalue weighted by molar-refractivity contribution is -0.137. The Labute approximate surface area is 78.5 Å². The molecule has 1 unspecified atom stereocenters. The van der Waals surface area contributed by atoms with Crippen molar-refractivity contribution in [3.63, 3.8) is 0 Å². The van der Waals surface area contributed by atoms with E-state index in [0.717, 1.165) is 25.7 Å². The number of hydrogen-bond acceptors (Lipinski definition) is 3. The first kappa shape index (κ1) is 9.96. The molecular formula is C10H15NO2. The van der Waals surface area contributed by atoms with Crippen LogP contribution in [0, 0.1) is 0 Å². The van der Waals surface area contributed by atoms with E-state index in [4.69, 9.17) is 4.74 Å². The summed E-state index contributed by atoms with van der Waals surface area (Å²) in [6.45, 7) is 5.84. The van der Waals surface area contributed by atoms with Gasteiger partial charge in [0.1, 0.15) is 6.21 Å². The number of aliphatic imine (C=N–C) groups is 1. The Morgan fingerprint density at radius 2 is 2.46 bits per heavy atom. The van der Waals surface area contributed by atoms with E-state index in [2.05, 4.69) is 11.6 Å². The van der Waals surface area contributed by atoms with E-state index in [0.29, 0.717) is 0 Å². The Morgan fingerprint density at radius 3 is 3.00 bits per heavy atom. The molecule has 0 amide bonds. The summed E-state index contributed by atoms with van der Waals surface area (Å²) in [6.07, 6.45) is 5.03. The average molecular weight is 181 g/mol. The quantitative estimate of drug-likeness (QED) is 0.370. The van der Waals surface area contributed by atoms with E-state index in [9.17, 15) is 4.79 Å². The van der Waals surface area contributed by atoms with Crippen LogP contribution in [0.1, 0.15) is 32.6 Å². The highest BCUT2D eigenvalue weighted by Gasteiger charge is 2.16. The first-order valence-electron chi connectivity index (χ1n) is 4.56. The van der Waals surface area contributed by atoms with Gasteiger partial charge in [-0.25, -0.2) is 9.79 Å². The summed E-state index contributed by atoms with van der Waals surface area (Å²) < 4.78 is 4.88. The summed E-state index contributed by atoms with van der Waals surface area (Å²) in [7, 11) is 0. The van der Waals surface area contributed by atoms with Crippen LogP contribution in [-0.2, 0) is 9.53 Å². The summed E-state index contributed by atoms with van der Waals surface area (Å²) in [6, 6.07) is 0. The molecule has 0 aliphatic carbocycles. The lowest BCUT2D eigenvalue weighted by atomic mass is 10.1. The van der Waals surface area contributed by atoms with E-state index >= 15 is 0 Å². The van der Waals surface area contributed by atoms with Gasteiger partial charge in [0.25, 0.3) is 0 Å². The molecule has 0 N–H and O–H groups in total. The zero-order valence-electron chi connectivity index (χ0n) is 7.95. The fourth-order valence-corrected chi connectivity index (χ4v) is 1.22. The summed E-state index contributed by atoms with van der Waals surface area (Å²) in [5.74, 6) is -0.315. The molecule has 0 aromatic heterocycles. The van der Waals surface area contributed by atoms with Crippen molar-refractivity contribution >= 4 is 12.2 Å². The molecule has 0 radical (unpaired) electrons. The molecule has 1 aliphatic rings. The van der Waals surface area contributed by atoms with E-state index < -0.39 is 0 Å². The molecule has 72 valence electrons. The number of cyclic esters (lactones) is 1. The van der Waals surface area contributed by atoms with Gasteiger partial charge in [-0.05, 0) is 26.2 Å². The average Bonchev–Trinajstić information content (AvgIpc) is 2.45. The molecule has 1 heterocycles. The standard InChI is InChI=1S/C10H15NO2/c1-8(2)5-3-4-6-9-11-7-10(12)13-9/h7,9H,1,3-6H2,2H3. The lowest BCUT2D eigenvalue weighted by Gasteiger charge is -2.06. The van der Waals surface area contributed by atoms with Crippen molar-refractivity contribution in [1.29, 1.82) is 0 Å². The maximum Gasteiger partial charge on any atom is 0.351 e. The monoisotopic (exact) mass is 181 g/mol. The van der Waals surface area contributed by atoms with E-state index in [1.807, 2.05) is 6.92 Å². The number of esters is 1. The molecule has 0 spiro atoms. The Bertz CT molecular complexity index is 233. The van der Waals surface area contributed by atoms with Crippen LogP contribution in [0.5, 0.6) is 0 Å². The molecule has 0 saturated carbocycles. The minimum Gasteiger partial charge on any atom is -0.436 e. The van der Waals surface area contributed by atoms with Gasteiger partial charge in [0.15, 0.2) is 6.23 Å². The summed E-state index contributed by atoms with van der Waals surface area (Å²) in [5.41, 5.74) is 1.20. The molecule has 0 aromatic rings. The van der Waals surface area contributed by atoms with Crippen molar-refractivity contribution in [2.45, 2.75) is 38.8 Å². The second-order valence-electron chi connectivity index (χ2n) is 3.37. The van der Waals surface area contributed by atoms with Crippen LogP contribution in [-0.4, -0.2) is 18.4 Å². The van der Waals surface area contributed by atoms with Crippen molar-refractivity contribution in [3.05, 3.63) is 12.2 Å². The van der Waals surface area contributed by atoms with Gasteiger partial charge in [-0.15, -0.1) is 6.58 Å². The minimum atomic E-state index is -0.315. The molecular weight excluding hydrogens is 166 g/mol. The van der Waals surface area contributed by atoms with Gasteiger partial charge in [0.2, 0.25) is 0 Å². The van der Waals surface area contributed by atoms with Crippen LogP contribution in [0.15, 0.2) is 17.1 Å². The van der Waals surface area contributed by atoms with E-state index in [1.165, 1.54) is 11.8 Å². The van der Waals surface area contributed by atoms with Crippen molar-refractivity contribution in [2.24, 2.45) is 4.99 Å². The normalized spacial score (nSPS) is 20.4. The number of nitrogens with zero attached hydrogens (tertiary/aromatic N) is 1. The number of allylic oxidation sites excluding steroid dienone is 1. The van der Waals surface area contributed by atoms with Crippen LogP contribution in [0.3, 0.4) is 0 Å². The zero-order valence-corrected chi connectivity index (χ0v) is 7.95. The molecule has 3 heteroatoms. The predicted octanol–water partition coefficient (Wildman–Crippen LogP) is 2.08. The van der Waals surface area contributed by atoms with Crippen LogP contribution in [0.25, 0.3) is 0 Å². The predicted molar refractivity (Wildman–Crippen MR) is 51.7 cm³/mol. The van der Waals surface area contributed by atoms with Crippen molar-refractivity contribution in [1.82, 2.24) is 0 Å². The molecule has 0 saturated heterocycles. The summed E-state index contributed by atoms with van der Waals surface area (Å²) in [5, 5.41) is 0. The third-order valence-electron chi connectivity index (χ3n) is 1.90. The third kappa shape index (κ3) is 3.87. The van der Waals surface area contributed by atoms with Crippen molar-refractivity contribution < 1.29 is 9.53 Å². The van der Waals surface area contributed by atoms with Crippen LogP contribution in [0.4, 0.5) is 0 Å². The minimum absolute atomic E-state index is 0.224. The lowest BCUT2D eigenvalue weighted by Crippen LogP contribution is -2.07. The van der Waals surface area contributed by atoms with Gasteiger partial charge in [0, 0.05) is 6.42 Å². The first-order valence-corrected chi connectivity index (χ1v) is 4.56. The Morgan fingerprint density at radius 1 is 1.69 bits per heavy atom. The maximum atomic E-state index is 10.6. The van der Waals surface area contributed by atoms with Gasteiger partial charge in [-0.3, -0.25) is 0 Å². The van der Waals surface area contributed by atoms with Crippen molar-refractivity contribution in [2.75, 3.05) is 0 Å². The first-order chi connectivity index (χ1) is 6.18. The third-order valence-corrected chi connectivity index (χ3v) is 1.90. The van der Waals surface area contributed by atoms with Crippen LogP contribution < -0.4 is 0 Å². The molecule has 1 atom stereocenters. The smallest absolute Gasteiger partial charge is 0.351 e. The number of carbonyl (C=O) groups excluding carboxylic acids is 1. The molecule has 0 bridgehead atoms. The Hall–Kier alpha value is -1.12. The van der Waals surface area contributed by atoms with Gasteiger partial charge in [-0.2, -0.15) is 0 Å². The highest BCUT2D eigenvalue weighted by molar-refractivity contribution is 6.24. The Kier molecular flexibility index (Phi) is 3.68. The number of hydrogen-bond donors (Lipinski definition) is 0. The SMILES string of the molecule is C=C(C)CCCCC1N=CC(=O)O1. The van der Waals surface area contributed by atoms with E-state index in [1.54, 1.807) is 0 Å². The second kappa shape index (κ2) is 4.80. The van der Waals surface area contributed by atoms with Crippen LogP contribution in [0.2, 0.25) is 0 Å². The molecule has 13 heavy (non-hydrogen) atoms. The fraction of sp³-hybridized carbons (Fsp3) is 0.600. The van der Waals surface area contributed by atoms with Gasteiger partial charge >= 0.3 is 5.97 Å². The molecule has 0 aromatic carbocycles. The molecule has 0 fully saturated rings. The molecule has 3 nitrogen and oxygen atoms in total. The van der Waals surface area contributed by atoms with Gasteiger partial charge < -0.3 is 4.74 Å². The topological polar surface area (TPSA) is 38.7 Å². The summed E-state index contributed by atoms with van der Waals surface area (Å²) in [4.78, 5) is 14.5. The fourth-order valence-electron chi connectivity index (χ4n) is 1.22. The molecule has 1 rings (SSSR count). The van der Waals surface area contributed by atoms with Crippen molar-refractivity contribution in [3.8, 4) is 0 Å². The summed E-state index contributed by atoms with van der Waals surface area (Å²) >= 11 is 0. The van der Waals surface area contributed by atoms with Crippen LogP contribution >= 0.6 is 0 Å². The number of ether oxygens (including phenoxy) is 1. The van der Waals surface area contributed by atoms with Gasteiger partial charge in [-0.1, -0.05) is 5.57 Å². The van der Waals surface area contributed by atoms with Gasteiger partial charge in [0.05, 0.1) is 0 Å². The Balaban J connectivity index is 2.04. The second-order valence-corrected chi connectivity index (χ2v) is 3.37. The zero-order chi connectivity index (χ0) is 9.68. The highest BCUT2D eigenvalue weighted by Crippen LogP contribution is 2.13. The van der Waals surface area contributed by atoms with E-state index in [-0.39, 0.29) is 12.2 Å². The maximum absolute atomic E-state index is 10.6. The highest BCUT2D eigenvalue weighted by atomic mass is 16.6. The largest absolute Gasteiger partial charge is 0.436 e.